The van der Waals surface area contributed by atoms with Crippen LogP contribution in [0.4, 0.5) is 13.2 Å². The van der Waals surface area contributed by atoms with E-state index in [1.807, 2.05) is 0 Å². The fraction of sp³-hybridized carbons (Fsp3) is 0.250. The number of ether oxygens (including phenoxy) is 1. The molecule has 7 heteroatoms. The zero-order valence-corrected chi connectivity index (χ0v) is 9.78. The van der Waals surface area contributed by atoms with Crippen LogP contribution in [-0.4, -0.2) is 23.7 Å². The van der Waals surface area contributed by atoms with Gasteiger partial charge in [0.05, 0.1) is 0 Å². The lowest BCUT2D eigenvalue weighted by molar-refractivity contribution is -0.137. The van der Waals surface area contributed by atoms with Gasteiger partial charge in [0.25, 0.3) is 5.78 Å². The van der Waals surface area contributed by atoms with E-state index in [4.69, 9.17) is 0 Å². The van der Waals surface area contributed by atoms with Gasteiger partial charge in [-0.1, -0.05) is 12.1 Å². The van der Waals surface area contributed by atoms with Crippen molar-refractivity contribution < 1.29 is 32.3 Å². The topological polar surface area (TPSA) is 60.4 Å². The Labute approximate surface area is 106 Å². The minimum atomic E-state index is -5.00. The first-order valence-corrected chi connectivity index (χ1v) is 5.12. The first-order chi connectivity index (χ1) is 8.70. The van der Waals surface area contributed by atoms with Gasteiger partial charge in [-0.2, -0.15) is 13.2 Å². The Morgan fingerprint density at radius 2 is 1.84 bits per heavy atom. The lowest BCUT2D eigenvalue weighted by atomic mass is 10.1. The van der Waals surface area contributed by atoms with E-state index < -0.39 is 35.7 Å². The standard InChI is InChI=1S/C12H9F3O4/c1-7(16)5-10(17)19-9-4-2-3-8(6-9)11(18)12(13,14)15/h2-4,6H,5H2,1H3. The van der Waals surface area contributed by atoms with Crippen LogP contribution in [0.5, 0.6) is 5.75 Å². The molecule has 1 aromatic rings. The predicted molar refractivity (Wildman–Crippen MR) is 57.8 cm³/mol. The maximum absolute atomic E-state index is 12.2. The number of Topliss-reactive ketones (excluding diaryl/α,β-unsaturated/α-hetero) is 2. The maximum Gasteiger partial charge on any atom is 0.454 e. The van der Waals surface area contributed by atoms with E-state index in [9.17, 15) is 27.6 Å². The molecule has 4 nitrogen and oxygen atoms in total. The molecule has 0 fully saturated rings. The highest BCUT2D eigenvalue weighted by molar-refractivity contribution is 6.00. The molecular weight excluding hydrogens is 265 g/mol. The Bertz CT molecular complexity index is 520. The van der Waals surface area contributed by atoms with E-state index in [0.29, 0.717) is 0 Å². The number of halogens is 3. The van der Waals surface area contributed by atoms with Gasteiger partial charge in [0.1, 0.15) is 18.0 Å². The first-order valence-electron chi connectivity index (χ1n) is 5.12. The average Bonchev–Trinajstić information content (AvgIpc) is 2.25. The fourth-order valence-electron chi connectivity index (χ4n) is 1.24. The van der Waals surface area contributed by atoms with E-state index in [1.54, 1.807) is 0 Å². The quantitative estimate of drug-likeness (QED) is 0.366. The summed E-state index contributed by atoms with van der Waals surface area (Å²) in [5.74, 6) is -3.59. The van der Waals surface area contributed by atoms with Gasteiger partial charge < -0.3 is 4.74 Å². The van der Waals surface area contributed by atoms with Gasteiger partial charge in [0.15, 0.2) is 0 Å². The molecule has 0 spiro atoms. The fourth-order valence-corrected chi connectivity index (χ4v) is 1.24. The number of ketones is 2. The second kappa shape index (κ2) is 5.64. The van der Waals surface area contributed by atoms with E-state index in [-0.39, 0.29) is 5.75 Å². The zero-order chi connectivity index (χ0) is 14.6. The van der Waals surface area contributed by atoms with Gasteiger partial charge >= 0.3 is 12.1 Å². The van der Waals surface area contributed by atoms with Gasteiger partial charge in [-0.3, -0.25) is 14.4 Å². The molecule has 0 aromatic heterocycles. The molecule has 0 saturated carbocycles. The summed E-state index contributed by atoms with van der Waals surface area (Å²) >= 11 is 0. The summed E-state index contributed by atoms with van der Waals surface area (Å²) in [6.45, 7) is 1.17. The van der Waals surface area contributed by atoms with Gasteiger partial charge in [0, 0.05) is 5.56 Å². The van der Waals surface area contributed by atoms with Crippen LogP contribution in [0.25, 0.3) is 0 Å². The molecule has 0 bridgehead atoms. The van der Waals surface area contributed by atoms with Gasteiger partial charge in [0.2, 0.25) is 0 Å². The molecule has 0 aliphatic carbocycles. The summed E-state index contributed by atoms with van der Waals surface area (Å²) in [5.41, 5.74) is -0.638. The number of hydrogen-bond acceptors (Lipinski definition) is 4. The van der Waals surface area contributed by atoms with Crippen molar-refractivity contribution in [2.24, 2.45) is 0 Å². The molecule has 0 radical (unpaired) electrons. The molecule has 0 atom stereocenters. The second-order valence-corrected chi connectivity index (χ2v) is 3.71. The summed E-state index contributed by atoms with van der Waals surface area (Å²) in [6, 6.07) is 4.12. The molecular formula is C12H9F3O4. The monoisotopic (exact) mass is 274 g/mol. The third kappa shape index (κ3) is 4.53. The maximum atomic E-state index is 12.2. The molecule has 0 heterocycles. The molecule has 0 amide bonds. The molecule has 19 heavy (non-hydrogen) atoms. The van der Waals surface area contributed by atoms with Crippen molar-refractivity contribution in [1.29, 1.82) is 0 Å². The SMILES string of the molecule is CC(=O)CC(=O)Oc1cccc(C(=O)C(F)(F)F)c1. The van der Waals surface area contributed by atoms with E-state index in [2.05, 4.69) is 4.74 Å². The average molecular weight is 274 g/mol. The van der Waals surface area contributed by atoms with Crippen molar-refractivity contribution in [3.05, 3.63) is 29.8 Å². The Balaban J connectivity index is 2.86. The van der Waals surface area contributed by atoms with E-state index >= 15 is 0 Å². The molecule has 1 aromatic carbocycles. The molecule has 0 aliphatic rings. The summed E-state index contributed by atoms with van der Waals surface area (Å²) < 4.78 is 41.2. The number of hydrogen-bond donors (Lipinski definition) is 0. The Hall–Kier alpha value is -2.18. The van der Waals surface area contributed by atoms with Crippen LogP contribution in [-0.2, 0) is 9.59 Å². The smallest absolute Gasteiger partial charge is 0.426 e. The number of carbonyl (C=O) groups is 3. The Morgan fingerprint density at radius 1 is 1.21 bits per heavy atom. The molecule has 102 valence electrons. The highest BCUT2D eigenvalue weighted by Crippen LogP contribution is 2.23. The minimum absolute atomic E-state index is 0.221. The largest absolute Gasteiger partial charge is 0.454 e. The molecule has 0 saturated heterocycles. The van der Waals surface area contributed by atoms with Crippen LogP contribution in [0.1, 0.15) is 23.7 Å². The van der Waals surface area contributed by atoms with Crippen LogP contribution in [0.3, 0.4) is 0 Å². The summed E-state index contributed by atoms with van der Waals surface area (Å²) in [6.07, 6.45) is -5.49. The van der Waals surface area contributed by atoms with Crippen molar-refractivity contribution in [2.45, 2.75) is 19.5 Å². The van der Waals surface area contributed by atoms with Crippen molar-refractivity contribution in [2.75, 3.05) is 0 Å². The third-order valence-electron chi connectivity index (χ3n) is 1.98. The summed E-state index contributed by atoms with van der Waals surface area (Å²) in [5, 5.41) is 0. The van der Waals surface area contributed by atoms with Gasteiger partial charge in [-0.15, -0.1) is 0 Å². The van der Waals surface area contributed by atoms with Crippen LogP contribution in [0.2, 0.25) is 0 Å². The van der Waals surface area contributed by atoms with Crippen LogP contribution < -0.4 is 4.74 Å². The van der Waals surface area contributed by atoms with Crippen LogP contribution in [0.15, 0.2) is 24.3 Å². The second-order valence-electron chi connectivity index (χ2n) is 3.71. The normalized spacial score (nSPS) is 10.9. The number of benzene rings is 1. The zero-order valence-electron chi connectivity index (χ0n) is 9.78. The van der Waals surface area contributed by atoms with E-state index in [0.717, 1.165) is 18.2 Å². The number of alkyl halides is 3. The number of esters is 1. The minimum Gasteiger partial charge on any atom is -0.426 e. The lowest BCUT2D eigenvalue weighted by Crippen LogP contribution is -2.22. The summed E-state index contributed by atoms with van der Waals surface area (Å²) in [4.78, 5) is 32.8. The van der Waals surface area contributed by atoms with Crippen molar-refractivity contribution in [3.63, 3.8) is 0 Å². The van der Waals surface area contributed by atoms with Crippen molar-refractivity contribution in [3.8, 4) is 5.75 Å². The third-order valence-corrected chi connectivity index (χ3v) is 1.98. The van der Waals surface area contributed by atoms with Gasteiger partial charge in [-0.05, 0) is 19.1 Å². The van der Waals surface area contributed by atoms with Crippen LogP contribution >= 0.6 is 0 Å². The Morgan fingerprint density at radius 3 is 2.37 bits per heavy atom. The summed E-state index contributed by atoms with van der Waals surface area (Å²) in [7, 11) is 0. The lowest BCUT2D eigenvalue weighted by Gasteiger charge is -2.07. The molecule has 0 aliphatic heterocycles. The molecule has 0 unspecified atom stereocenters. The highest BCUT2D eigenvalue weighted by Gasteiger charge is 2.39. The molecule has 1 rings (SSSR count). The predicted octanol–water partition coefficient (Wildman–Crippen LogP) is 2.32. The molecule has 0 N–H and O–H groups in total. The number of rotatable bonds is 4. The first kappa shape index (κ1) is 14.9. The van der Waals surface area contributed by atoms with E-state index in [1.165, 1.54) is 13.0 Å². The van der Waals surface area contributed by atoms with Crippen molar-refractivity contribution >= 4 is 17.5 Å². The van der Waals surface area contributed by atoms with Gasteiger partial charge in [-0.25, -0.2) is 0 Å². The Kier molecular flexibility index (Phi) is 4.42. The number of carbonyl (C=O) groups excluding carboxylic acids is 3. The highest BCUT2D eigenvalue weighted by atomic mass is 19.4. The van der Waals surface area contributed by atoms with Crippen molar-refractivity contribution in [1.82, 2.24) is 0 Å². The van der Waals surface area contributed by atoms with Crippen LogP contribution in [0, 0.1) is 0 Å².